The van der Waals surface area contributed by atoms with E-state index in [0.717, 1.165) is 0 Å². The molecule has 0 aromatic heterocycles. The van der Waals surface area contributed by atoms with Gasteiger partial charge >= 0.3 is 0 Å². The minimum atomic E-state index is -0.712. The molecule has 7 nitrogen and oxygen atoms in total. The van der Waals surface area contributed by atoms with E-state index < -0.39 is 10.8 Å². The molecule has 0 saturated carbocycles. The van der Waals surface area contributed by atoms with Crippen molar-refractivity contribution in [2.45, 2.75) is 0 Å². The van der Waals surface area contributed by atoms with Crippen molar-refractivity contribution in [2.24, 2.45) is 0 Å². The highest BCUT2D eigenvalue weighted by Crippen LogP contribution is 2.28. The van der Waals surface area contributed by atoms with Crippen LogP contribution < -0.4 is 10.1 Å². The number of non-ortho nitro benzene ring substituents is 1. The van der Waals surface area contributed by atoms with Gasteiger partial charge in [-0.2, -0.15) is 5.26 Å². The first-order chi connectivity index (χ1) is 12.3. The summed E-state index contributed by atoms with van der Waals surface area (Å²) >= 11 is 12.0. The van der Waals surface area contributed by atoms with Gasteiger partial charge in [-0.1, -0.05) is 23.2 Å². The van der Waals surface area contributed by atoms with Gasteiger partial charge in [-0.15, -0.1) is 0 Å². The summed E-state index contributed by atoms with van der Waals surface area (Å²) in [5.74, 6) is -0.277. The van der Waals surface area contributed by atoms with Gasteiger partial charge < -0.3 is 10.1 Å². The zero-order valence-electron chi connectivity index (χ0n) is 13.3. The van der Waals surface area contributed by atoms with Crippen molar-refractivity contribution in [3.8, 4) is 11.8 Å². The Hall–Kier alpha value is -3.08. The number of hydrogen-bond donors (Lipinski definition) is 1. The van der Waals surface area contributed by atoms with Gasteiger partial charge in [-0.25, -0.2) is 0 Å². The second-order valence-electron chi connectivity index (χ2n) is 4.94. The lowest BCUT2D eigenvalue weighted by atomic mass is 10.1. The maximum Gasteiger partial charge on any atom is 0.270 e. The normalized spacial score (nSPS) is 10.8. The average Bonchev–Trinajstić information content (AvgIpc) is 2.60. The van der Waals surface area contributed by atoms with Gasteiger partial charge in [-0.05, 0) is 30.3 Å². The van der Waals surface area contributed by atoms with Crippen LogP contribution in [0.2, 0.25) is 10.0 Å². The number of nitrogens with one attached hydrogen (secondary N) is 1. The van der Waals surface area contributed by atoms with Crippen LogP contribution in [0.15, 0.2) is 42.0 Å². The van der Waals surface area contributed by atoms with Crippen LogP contribution in [0.3, 0.4) is 0 Å². The number of amides is 1. The molecule has 0 radical (unpaired) electrons. The molecule has 0 atom stereocenters. The van der Waals surface area contributed by atoms with Crippen LogP contribution in [-0.4, -0.2) is 17.9 Å². The summed E-state index contributed by atoms with van der Waals surface area (Å²) in [7, 11) is 1.46. The molecular formula is C17H11Cl2N3O4. The molecule has 2 aromatic carbocycles. The number of nitro benzene ring substituents is 1. The van der Waals surface area contributed by atoms with Crippen molar-refractivity contribution in [3.63, 3.8) is 0 Å². The Morgan fingerprint density at radius 1 is 1.27 bits per heavy atom. The first kappa shape index (κ1) is 19.2. The molecule has 1 N–H and O–H groups in total. The number of carbonyl (C=O) groups is 1. The lowest BCUT2D eigenvalue weighted by Crippen LogP contribution is -2.13. The van der Waals surface area contributed by atoms with E-state index in [9.17, 15) is 20.2 Å². The number of nitriles is 1. The van der Waals surface area contributed by atoms with Gasteiger partial charge in [0, 0.05) is 28.4 Å². The standard InChI is InChI=1S/C17H11Cl2N3O4/c1-26-16-5-2-12(8-15(16)19)21-17(23)11(9-20)6-10-7-13(22(24)25)3-4-14(10)18/h2-8H,1H3,(H,21,23)/b11-6+. The van der Waals surface area contributed by atoms with Crippen molar-refractivity contribution in [2.75, 3.05) is 12.4 Å². The van der Waals surface area contributed by atoms with Crippen molar-refractivity contribution in [1.29, 1.82) is 5.26 Å². The summed E-state index contributed by atoms with van der Waals surface area (Å²) in [4.78, 5) is 22.5. The van der Waals surface area contributed by atoms with Gasteiger partial charge in [0.15, 0.2) is 0 Å². The highest BCUT2D eigenvalue weighted by atomic mass is 35.5. The Balaban J connectivity index is 2.30. The summed E-state index contributed by atoms with van der Waals surface area (Å²) in [6.45, 7) is 0. The molecule has 132 valence electrons. The monoisotopic (exact) mass is 391 g/mol. The minimum Gasteiger partial charge on any atom is -0.495 e. The first-order valence-corrected chi connectivity index (χ1v) is 7.82. The number of nitro groups is 1. The summed E-state index contributed by atoms with van der Waals surface area (Å²) < 4.78 is 5.02. The number of rotatable bonds is 5. The molecule has 0 bridgehead atoms. The van der Waals surface area contributed by atoms with Gasteiger partial charge in [-0.3, -0.25) is 14.9 Å². The fraction of sp³-hybridized carbons (Fsp3) is 0.0588. The van der Waals surface area contributed by atoms with E-state index in [1.165, 1.54) is 37.5 Å². The molecule has 2 aromatic rings. The quantitative estimate of drug-likeness (QED) is 0.350. The third-order valence-corrected chi connectivity index (χ3v) is 3.90. The fourth-order valence-electron chi connectivity index (χ4n) is 2.00. The molecule has 26 heavy (non-hydrogen) atoms. The average molecular weight is 392 g/mol. The van der Waals surface area contributed by atoms with Crippen LogP contribution in [0, 0.1) is 21.4 Å². The first-order valence-electron chi connectivity index (χ1n) is 7.06. The van der Waals surface area contributed by atoms with E-state index in [-0.39, 0.29) is 26.9 Å². The molecule has 0 spiro atoms. The Labute approximate surface area is 158 Å². The van der Waals surface area contributed by atoms with E-state index in [2.05, 4.69) is 5.32 Å². The van der Waals surface area contributed by atoms with Gasteiger partial charge in [0.1, 0.15) is 17.4 Å². The van der Waals surface area contributed by atoms with E-state index in [1.807, 2.05) is 0 Å². The highest BCUT2D eigenvalue weighted by molar-refractivity contribution is 6.33. The lowest BCUT2D eigenvalue weighted by Gasteiger charge is -2.08. The molecule has 0 aliphatic heterocycles. The third kappa shape index (κ3) is 4.51. The number of ether oxygens (including phenoxy) is 1. The summed E-state index contributed by atoms with van der Waals surface area (Å²) in [6.07, 6.45) is 1.18. The molecule has 2 rings (SSSR count). The van der Waals surface area contributed by atoms with E-state index in [0.29, 0.717) is 11.4 Å². The number of halogens is 2. The molecule has 0 fully saturated rings. The predicted molar refractivity (Wildman–Crippen MR) is 98.3 cm³/mol. The lowest BCUT2D eigenvalue weighted by molar-refractivity contribution is -0.384. The van der Waals surface area contributed by atoms with Crippen molar-refractivity contribution >= 4 is 46.6 Å². The second kappa shape index (κ2) is 8.34. The Kier molecular flexibility index (Phi) is 6.17. The van der Waals surface area contributed by atoms with Crippen LogP contribution in [0.5, 0.6) is 5.75 Å². The highest BCUT2D eigenvalue weighted by Gasteiger charge is 2.14. The van der Waals surface area contributed by atoms with Crippen molar-refractivity contribution in [3.05, 3.63) is 67.7 Å². The van der Waals surface area contributed by atoms with Gasteiger partial charge in [0.05, 0.1) is 17.1 Å². The van der Waals surface area contributed by atoms with Gasteiger partial charge in [0.25, 0.3) is 11.6 Å². The van der Waals surface area contributed by atoms with Crippen LogP contribution in [0.4, 0.5) is 11.4 Å². The summed E-state index contributed by atoms with van der Waals surface area (Å²) in [5.41, 5.74) is 0.0482. The number of benzene rings is 2. The minimum absolute atomic E-state index is 0.170. The zero-order valence-corrected chi connectivity index (χ0v) is 14.8. The van der Waals surface area contributed by atoms with E-state index in [4.69, 9.17) is 27.9 Å². The largest absolute Gasteiger partial charge is 0.495 e. The molecule has 0 aliphatic rings. The number of carbonyl (C=O) groups excluding carboxylic acids is 1. The van der Waals surface area contributed by atoms with E-state index >= 15 is 0 Å². The molecule has 0 heterocycles. The smallest absolute Gasteiger partial charge is 0.270 e. The number of hydrogen-bond acceptors (Lipinski definition) is 5. The maximum atomic E-state index is 12.3. The van der Waals surface area contributed by atoms with Crippen molar-refractivity contribution in [1.82, 2.24) is 0 Å². The Bertz CT molecular complexity index is 952. The fourth-order valence-corrected chi connectivity index (χ4v) is 2.43. The zero-order chi connectivity index (χ0) is 19.3. The SMILES string of the molecule is COc1ccc(NC(=O)/C(C#N)=C/c2cc([N+](=O)[O-])ccc2Cl)cc1Cl. The number of nitrogens with zero attached hydrogens (tertiary/aromatic N) is 2. The molecule has 0 aliphatic carbocycles. The maximum absolute atomic E-state index is 12.3. The van der Waals surface area contributed by atoms with Gasteiger partial charge in [0.2, 0.25) is 0 Å². The summed E-state index contributed by atoms with van der Waals surface area (Å²) in [6, 6.07) is 10.1. The topological polar surface area (TPSA) is 105 Å². The van der Waals surface area contributed by atoms with Crippen LogP contribution in [0.25, 0.3) is 6.08 Å². The molecular weight excluding hydrogens is 381 g/mol. The van der Waals surface area contributed by atoms with Crippen molar-refractivity contribution < 1.29 is 14.5 Å². The van der Waals surface area contributed by atoms with Crippen LogP contribution in [-0.2, 0) is 4.79 Å². The molecule has 0 saturated heterocycles. The molecule has 9 heteroatoms. The third-order valence-electron chi connectivity index (χ3n) is 3.26. The predicted octanol–water partition coefficient (Wildman–Crippen LogP) is 4.46. The molecule has 1 amide bonds. The number of anilines is 1. The van der Waals surface area contributed by atoms with Crippen LogP contribution in [0.1, 0.15) is 5.56 Å². The Morgan fingerprint density at radius 2 is 2.00 bits per heavy atom. The summed E-state index contributed by atoms with van der Waals surface area (Å²) in [5, 5.41) is 23.1. The second-order valence-corrected chi connectivity index (χ2v) is 5.75. The number of methoxy groups -OCH3 is 1. The van der Waals surface area contributed by atoms with E-state index in [1.54, 1.807) is 18.2 Å². The molecule has 0 unspecified atom stereocenters. The van der Waals surface area contributed by atoms with Crippen LogP contribution >= 0.6 is 23.2 Å². The Morgan fingerprint density at radius 3 is 2.58 bits per heavy atom.